The number of piperidine rings is 1. The van der Waals surface area contributed by atoms with E-state index < -0.39 is 5.91 Å². The molecule has 1 fully saturated rings. The Morgan fingerprint density at radius 1 is 1.32 bits per heavy atom. The Balaban J connectivity index is 1.98. The molecule has 6 nitrogen and oxygen atoms in total. The number of carbonyl (C=O) groups excluding carboxylic acids is 2. The molecule has 2 amide bonds. The SMILES string of the molecule is CC1(CNC(=O)c2ccccc2OCC(N)=O)CCNCC1. The lowest BCUT2D eigenvalue weighted by Crippen LogP contribution is -2.43. The molecule has 2 rings (SSSR count). The minimum absolute atomic E-state index is 0.115. The first-order chi connectivity index (χ1) is 10.5. The van der Waals surface area contributed by atoms with Crippen LogP contribution in [0.4, 0.5) is 0 Å². The van der Waals surface area contributed by atoms with E-state index in [1.54, 1.807) is 24.3 Å². The van der Waals surface area contributed by atoms with E-state index in [4.69, 9.17) is 10.5 Å². The molecule has 1 aromatic rings. The van der Waals surface area contributed by atoms with Gasteiger partial charge in [-0.3, -0.25) is 9.59 Å². The number of ether oxygens (including phenoxy) is 1. The van der Waals surface area contributed by atoms with Crippen molar-refractivity contribution in [2.24, 2.45) is 11.1 Å². The van der Waals surface area contributed by atoms with Gasteiger partial charge < -0.3 is 21.1 Å². The fourth-order valence-electron chi connectivity index (χ4n) is 2.52. The molecule has 4 N–H and O–H groups in total. The van der Waals surface area contributed by atoms with Crippen LogP contribution in [0.1, 0.15) is 30.1 Å². The summed E-state index contributed by atoms with van der Waals surface area (Å²) in [5, 5.41) is 6.29. The molecule has 22 heavy (non-hydrogen) atoms. The van der Waals surface area contributed by atoms with Crippen molar-refractivity contribution in [3.63, 3.8) is 0 Å². The standard InChI is InChI=1S/C16H23N3O3/c1-16(6-8-18-9-7-16)11-19-15(21)12-4-2-3-5-13(12)22-10-14(17)20/h2-5,18H,6-11H2,1H3,(H2,17,20)(H,19,21). The van der Waals surface area contributed by atoms with Crippen molar-refractivity contribution >= 4 is 11.8 Å². The third kappa shape index (κ3) is 4.46. The molecule has 0 unspecified atom stereocenters. The largest absolute Gasteiger partial charge is 0.483 e. The lowest BCUT2D eigenvalue weighted by Gasteiger charge is -2.34. The van der Waals surface area contributed by atoms with Gasteiger partial charge in [-0.25, -0.2) is 0 Å². The van der Waals surface area contributed by atoms with Gasteiger partial charge in [0.2, 0.25) is 0 Å². The Bertz CT molecular complexity index is 539. The number of para-hydroxylation sites is 1. The molecule has 1 aliphatic heterocycles. The number of carbonyl (C=O) groups is 2. The van der Waals surface area contributed by atoms with Crippen LogP contribution in [0.15, 0.2) is 24.3 Å². The molecule has 6 heteroatoms. The molecule has 0 bridgehead atoms. The highest BCUT2D eigenvalue weighted by Gasteiger charge is 2.27. The normalized spacial score (nSPS) is 16.8. The molecule has 0 radical (unpaired) electrons. The summed E-state index contributed by atoms with van der Waals surface area (Å²) in [6.07, 6.45) is 2.07. The first kappa shape index (κ1) is 16.3. The Hall–Kier alpha value is -2.08. The summed E-state index contributed by atoms with van der Waals surface area (Å²) in [5.41, 5.74) is 5.60. The van der Waals surface area contributed by atoms with Crippen LogP contribution in [-0.2, 0) is 4.79 Å². The van der Waals surface area contributed by atoms with E-state index >= 15 is 0 Å². The smallest absolute Gasteiger partial charge is 0.255 e. The molecule has 0 spiro atoms. The second-order valence-electron chi connectivity index (χ2n) is 5.99. The predicted molar refractivity (Wildman–Crippen MR) is 83.7 cm³/mol. The number of hydrogen-bond donors (Lipinski definition) is 3. The van der Waals surface area contributed by atoms with Crippen molar-refractivity contribution in [3.8, 4) is 5.75 Å². The summed E-state index contributed by atoms with van der Waals surface area (Å²) < 4.78 is 5.29. The molecule has 120 valence electrons. The van der Waals surface area contributed by atoms with Crippen LogP contribution < -0.4 is 21.1 Å². The number of nitrogens with one attached hydrogen (secondary N) is 2. The Labute approximate surface area is 130 Å². The van der Waals surface area contributed by atoms with Gasteiger partial charge in [-0.2, -0.15) is 0 Å². The van der Waals surface area contributed by atoms with Gasteiger partial charge in [0.1, 0.15) is 5.75 Å². The number of rotatable bonds is 6. The molecule has 0 aromatic heterocycles. The van der Waals surface area contributed by atoms with Gasteiger partial charge in [0.05, 0.1) is 5.56 Å². The second kappa shape index (κ2) is 7.26. The van der Waals surface area contributed by atoms with Crippen molar-refractivity contribution in [2.75, 3.05) is 26.2 Å². The van der Waals surface area contributed by atoms with Crippen molar-refractivity contribution in [1.82, 2.24) is 10.6 Å². The Kier molecular flexibility index (Phi) is 5.38. The monoisotopic (exact) mass is 305 g/mol. The van der Waals surface area contributed by atoms with Gasteiger partial charge in [0.15, 0.2) is 6.61 Å². The van der Waals surface area contributed by atoms with Crippen molar-refractivity contribution in [2.45, 2.75) is 19.8 Å². The first-order valence-electron chi connectivity index (χ1n) is 7.49. The maximum absolute atomic E-state index is 12.4. The number of nitrogens with two attached hydrogens (primary N) is 1. The van der Waals surface area contributed by atoms with Gasteiger partial charge in [0.25, 0.3) is 11.8 Å². The van der Waals surface area contributed by atoms with Crippen molar-refractivity contribution < 1.29 is 14.3 Å². The molecular formula is C16H23N3O3. The molecule has 1 saturated heterocycles. The minimum atomic E-state index is -0.572. The van der Waals surface area contributed by atoms with E-state index in [9.17, 15) is 9.59 Å². The van der Waals surface area contributed by atoms with Crippen LogP contribution >= 0.6 is 0 Å². The summed E-state index contributed by atoms with van der Waals surface area (Å²) in [6, 6.07) is 6.85. The summed E-state index contributed by atoms with van der Waals surface area (Å²) in [6.45, 7) is 4.52. The zero-order valence-corrected chi connectivity index (χ0v) is 12.9. The summed E-state index contributed by atoms with van der Waals surface area (Å²) in [5.74, 6) is -0.397. The summed E-state index contributed by atoms with van der Waals surface area (Å²) in [4.78, 5) is 23.2. The third-order valence-corrected chi connectivity index (χ3v) is 3.99. The van der Waals surface area contributed by atoms with Crippen LogP contribution in [0.2, 0.25) is 0 Å². The van der Waals surface area contributed by atoms with Gasteiger partial charge in [-0.1, -0.05) is 19.1 Å². The summed E-state index contributed by atoms with van der Waals surface area (Å²) >= 11 is 0. The third-order valence-electron chi connectivity index (χ3n) is 3.99. The number of benzene rings is 1. The van der Waals surface area contributed by atoms with Crippen molar-refractivity contribution in [1.29, 1.82) is 0 Å². The molecule has 1 heterocycles. The average molecular weight is 305 g/mol. The molecule has 0 atom stereocenters. The van der Waals surface area contributed by atoms with E-state index in [-0.39, 0.29) is 17.9 Å². The van der Waals surface area contributed by atoms with E-state index in [2.05, 4.69) is 17.6 Å². The summed E-state index contributed by atoms with van der Waals surface area (Å²) in [7, 11) is 0. The van der Waals surface area contributed by atoms with Gasteiger partial charge in [-0.05, 0) is 43.5 Å². The number of primary amides is 1. The maximum atomic E-state index is 12.4. The van der Waals surface area contributed by atoms with Crippen LogP contribution in [-0.4, -0.2) is 38.1 Å². The average Bonchev–Trinajstić information content (AvgIpc) is 2.52. The van der Waals surface area contributed by atoms with Crippen LogP contribution in [0, 0.1) is 5.41 Å². The molecule has 0 saturated carbocycles. The van der Waals surface area contributed by atoms with E-state index in [0.29, 0.717) is 17.9 Å². The molecule has 1 aliphatic rings. The zero-order chi connectivity index (χ0) is 16.0. The van der Waals surface area contributed by atoms with E-state index in [1.807, 2.05) is 0 Å². The molecule has 1 aromatic carbocycles. The lowest BCUT2D eigenvalue weighted by atomic mass is 9.81. The van der Waals surface area contributed by atoms with Gasteiger partial charge >= 0.3 is 0 Å². The topological polar surface area (TPSA) is 93.4 Å². The molecule has 0 aliphatic carbocycles. The maximum Gasteiger partial charge on any atom is 0.255 e. The highest BCUT2D eigenvalue weighted by molar-refractivity contribution is 5.97. The predicted octanol–water partition coefficient (Wildman–Crippen LogP) is 0.670. The lowest BCUT2D eigenvalue weighted by molar-refractivity contribution is -0.119. The first-order valence-corrected chi connectivity index (χ1v) is 7.49. The minimum Gasteiger partial charge on any atom is -0.483 e. The van der Waals surface area contributed by atoms with Crippen LogP contribution in [0.3, 0.4) is 0 Å². The highest BCUT2D eigenvalue weighted by Crippen LogP contribution is 2.27. The fraction of sp³-hybridized carbons (Fsp3) is 0.500. The Morgan fingerprint density at radius 2 is 2.00 bits per heavy atom. The Morgan fingerprint density at radius 3 is 2.68 bits per heavy atom. The van der Waals surface area contributed by atoms with Crippen LogP contribution in [0.5, 0.6) is 5.75 Å². The van der Waals surface area contributed by atoms with E-state index in [1.165, 1.54) is 0 Å². The zero-order valence-electron chi connectivity index (χ0n) is 12.9. The van der Waals surface area contributed by atoms with Gasteiger partial charge in [-0.15, -0.1) is 0 Å². The quantitative estimate of drug-likeness (QED) is 0.720. The van der Waals surface area contributed by atoms with Crippen molar-refractivity contribution in [3.05, 3.63) is 29.8 Å². The number of amides is 2. The fourth-order valence-corrected chi connectivity index (χ4v) is 2.52. The molecular weight excluding hydrogens is 282 g/mol. The van der Waals surface area contributed by atoms with Gasteiger partial charge in [0, 0.05) is 6.54 Å². The van der Waals surface area contributed by atoms with E-state index in [0.717, 1.165) is 25.9 Å². The second-order valence-corrected chi connectivity index (χ2v) is 5.99. The highest BCUT2D eigenvalue weighted by atomic mass is 16.5. The van der Waals surface area contributed by atoms with Crippen LogP contribution in [0.25, 0.3) is 0 Å². The number of hydrogen-bond acceptors (Lipinski definition) is 4.